The first-order valence-corrected chi connectivity index (χ1v) is 15.2. The molecule has 0 aliphatic rings. The second-order valence-corrected chi connectivity index (χ2v) is 10.2. The summed E-state index contributed by atoms with van der Waals surface area (Å²) in [6.45, 7) is 4.91. The average molecular weight is 750 g/mol. The Labute approximate surface area is 284 Å². The van der Waals surface area contributed by atoms with Crippen molar-refractivity contribution in [1.82, 2.24) is 5.32 Å². The van der Waals surface area contributed by atoms with E-state index in [1.54, 1.807) is 0 Å². The van der Waals surface area contributed by atoms with Gasteiger partial charge in [0.2, 0.25) is 0 Å². The van der Waals surface area contributed by atoms with E-state index in [0.717, 1.165) is 19.5 Å². The molecule has 0 unspecified atom stereocenters. The quantitative estimate of drug-likeness (QED) is 0.0192. The highest BCUT2D eigenvalue weighted by atomic mass is 19.4. The van der Waals surface area contributed by atoms with Gasteiger partial charge >= 0.3 is 30.4 Å². The zero-order valence-corrected chi connectivity index (χ0v) is 27.7. The molecule has 0 saturated heterocycles. The summed E-state index contributed by atoms with van der Waals surface area (Å²) in [7, 11) is 2.01. The molecular formula is C28H48F9N7O6. The largest absolute Gasteiger partial charge is 0.542 e. The monoisotopic (exact) mass is 749 g/mol. The second-order valence-electron chi connectivity index (χ2n) is 10.2. The molecule has 22 heteroatoms. The molecule has 0 heterocycles. The number of aliphatic carboxylic acids is 3. The topological polar surface area (TPSA) is 244 Å². The number of halogens is 9. The average Bonchev–Trinajstić information content (AvgIpc) is 2.98. The van der Waals surface area contributed by atoms with Crippen LogP contribution in [0.15, 0.2) is 0 Å². The standard InChI is InChI=1S/C22H45N7.3C2HF3O2/c1-3-16-28-22(25)29(2)20-15-11-7-6-9-13-18-26-17-12-8-4-5-10-14-19-27-21(23)24;3*3-2(4,5)1(6)7/h1,26H,4-20H2,2H3,(H6,23,24,25,27,28);3*(H,6,7). The number of carbonyl (C=O) groups is 3. The molecule has 10 N–H and O–H groups in total. The molecule has 13 nitrogen and oxygen atoms in total. The van der Waals surface area contributed by atoms with E-state index >= 15 is 0 Å². The van der Waals surface area contributed by atoms with Gasteiger partial charge in [-0.15, -0.1) is 6.42 Å². The smallest absolute Gasteiger partial charge is 0.430 e. The number of nitrogens with one attached hydrogen (secondary N) is 2. The zero-order chi connectivity index (χ0) is 39.8. The Kier molecular flexibility index (Phi) is 32.5. The van der Waals surface area contributed by atoms with Gasteiger partial charge in [-0.1, -0.05) is 44.4 Å². The van der Waals surface area contributed by atoms with Crippen molar-refractivity contribution in [3.05, 3.63) is 0 Å². The van der Waals surface area contributed by atoms with Gasteiger partial charge in [-0.25, -0.2) is 0 Å². The highest BCUT2D eigenvalue weighted by Gasteiger charge is 2.30. The second kappa shape index (κ2) is 30.9. The number of quaternary nitrogens is 1. The van der Waals surface area contributed by atoms with Gasteiger partial charge in [0.05, 0.1) is 33.2 Å². The first kappa shape index (κ1) is 52.6. The maximum Gasteiger partial charge on any atom is 0.430 e. The molecule has 0 bridgehead atoms. The Balaban J connectivity index is -0.000000403. The molecular weight excluding hydrogens is 701 g/mol. The number of nitrogens with two attached hydrogens (primary N) is 4. The van der Waals surface area contributed by atoms with Crippen molar-refractivity contribution < 1.29 is 84.1 Å². The van der Waals surface area contributed by atoms with Crippen molar-refractivity contribution in [2.45, 2.75) is 95.6 Å². The van der Waals surface area contributed by atoms with E-state index in [0.29, 0.717) is 18.5 Å². The van der Waals surface area contributed by atoms with Crippen LogP contribution in [0.1, 0.15) is 77.0 Å². The molecule has 0 atom stereocenters. The number of terminal acetylenes is 1. The number of alkyl halides is 9. The number of rotatable bonds is 19. The number of hydrogen-bond donors (Lipinski definition) is 6. The summed E-state index contributed by atoms with van der Waals surface area (Å²) in [5, 5.41) is 31.9. The van der Waals surface area contributed by atoms with Gasteiger partial charge in [-0.2, -0.15) is 39.5 Å². The predicted octanol–water partition coefficient (Wildman–Crippen LogP) is -3.34. The third-order valence-corrected chi connectivity index (χ3v) is 5.79. The highest BCUT2D eigenvalue weighted by Crippen LogP contribution is 2.12. The molecule has 0 rings (SSSR count). The van der Waals surface area contributed by atoms with Crippen LogP contribution >= 0.6 is 0 Å². The van der Waals surface area contributed by atoms with Gasteiger partial charge in [-0.05, 0) is 38.5 Å². The van der Waals surface area contributed by atoms with Crippen molar-refractivity contribution >= 4 is 29.8 Å². The lowest BCUT2D eigenvalue weighted by Gasteiger charge is -2.06. The molecule has 0 fully saturated rings. The van der Waals surface area contributed by atoms with Crippen LogP contribution in [-0.4, -0.2) is 92.7 Å². The van der Waals surface area contributed by atoms with Crippen molar-refractivity contribution in [2.24, 2.45) is 17.2 Å². The summed E-state index contributed by atoms with van der Waals surface area (Å²) in [6, 6.07) is 0. The van der Waals surface area contributed by atoms with Crippen LogP contribution in [0.4, 0.5) is 39.5 Å². The maximum absolute atomic E-state index is 10.5. The van der Waals surface area contributed by atoms with Crippen molar-refractivity contribution in [1.29, 1.82) is 0 Å². The Morgan fingerprint density at radius 2 is 1.00 bits per heavy atom. The van der Waals surface area contributed by atoms with E-state index in [4.69, 9.17) is 53.3 Å². The summed E-state index contributed by atoms with van der Waals surface area (Å²) in [5.41, 5.74) is 16.6. The fourth-order valence-electron chi connectivity index (χ4n) is 3.24. The lowest BCUT2D eigenvalue weighted by molar-refractivity contribution is -0.655. The molecule has 294 valence electrons. The molecule has 0 aromatic carbocycles. The summed E-state index contributed by atoms with van der Waals surface area (Å²) >= 11 is 0. The number of guanidine groups is 2. The third kappa shape index (κ3) is 43.8. The molecule has 50 heavy (non-hydrogen) atoms. The lowest BCUT2D eigenvalue weighted by Crippen LogP contribution is -2.84. The van der Waals surface area contributed by atoms with Crippen LogP contribution in [0.5, 0.6) is 0 Å². The normalized spacial score (nSPS) is 11.5. The first-order chi connectivity index (χ1) is 22.9. The van der Waals surface area contributed by atoms with E-state index in [-0.39, 0.29) is 0 Å². The van der Waals surface area contributed by atoms with Crippen molar-refractivity contribution in [3.8, 4) is 12.3 Å². The minimum Gasteiger partial charge on any atom is -0.542 e. The number of hydrogen-bond acceptors (Lipinski definition) is 6. The SMILES string of the molecule is C#CCNC(N)=[N+](C)CCCCCCCC[NH2+]CCCCCCCC[NH+]=C(N)N.O=C([O-])C(F)(F)F.O=C([O-])C(F)(F)F.O=C([O-])C(F)(F)F. The third-order valence-electron chi connectivity index (χ3n) is 5.79. The highest BCUT2D eigenvalue weighted by molar-refractivity contribution is 5.73. The minimum atomic E-state index is -5.19. The van der Waals surface area contributed by atoms with Crippen molar-refractivity contribution in [2.75, 3.05) is 39.8 Å². The zero-order valence-electron chi connectivity index (χ0n) is 27.7. The number of nitrogens with zero attached hydrogens (tertiary/aromatic N) is 1. The molecule has 0 amide bonds. The molecule has 0 aliphatic heterocycles. The number of unbranched alkanes of at least 4 members (excludes halogenated alkanes) is 10. The number of carboxylic acids is 3. The van der Waals surface area contributed by atoms with Gasteiger partial charge in [0.1, 0.15) is 24.5 Å². The van der Waals surface area contributed by atoms with Crippen LogP contribution in [0.25, 0.3) is 0 Å². The molecule has 0 spiro atoms. The summed E-state index contributed by atoms with van der Waals surface area (Å²) in [4.78, 5) is 29.3. The molecule has 0 aromatic heterocycles. The van der Waals surface area contributed by atoms with Crippen LogP contribution in [0.3, 0.4) is 0 Å². The van der Waals surface area contributed by atoms with Crippen LogP contribution in [-0.2, 0) is 14.4 Å². The molecule has 0 radical (unpaired) electrons. The number of carboxylic acid groups (broad SMARTS) is 3. The molecule has 0 saturated carbocycles. The Bertz CT molecular complexity index is 970. The van der Waals surface area contributed by atoms with E-state index in [2.05, 4.69) is 21.5 Å². The van der Waals surface area contributed by atoms with Gasteiger partial charge < -0.3 is 35.0 Å². The summed E-state index contributed by atoms with van der Waals surface area (Å²) in [5.74, 6) is -5.49. The van der Waals surface area contributed by atoms with Gasteiger partial charge in [-0.3, -0.25) is 32.1 Å². The minimum absolute atomic E-state index is 0.332. The van der Waals surface area contributed by atoms with E-state index in [1.165, 1.54) is 83.7 Å². The number of carbonyl (C=O) groups excluding carboxylic acids is 3. The Morgan fingerprint density at radius 1 is 0.680 bits per heavy atom. The van der Waals surface area contributed by atoms with E-state index < -0.39 is 36.4 Å². The molecule has 0 aromatic rings. The first-order valence-electron chi connectivity index (χ1n) is 15.2. The van der Waals surface area contributed by atoms with Crippen LogP contribution in [0.2, 0.25) is 0 Å². The van der Waals surface area contributed by atoms with E-state index in [1.807, 2.05) is 11.6 Å². The maximum atomic E-state index is 10.5. The van der Waals surface area contributed by atoms with Gasteiger partial charge in [0.15, 0.2) is 0 Å². The van der Waals surface area contributed by atoms with Crippen LogP contribution in [0, 0.1) is 12.3 Å². The summed E-state index contributed by atoms with van der Waals surface area (Å²) < 4.78 is 96.7. The predicted molar refractivity (Wildman–Crippen MR) is 157 cm³/mol. The van der Waals surface area contributed by atoms with Crippen molar-refractivity contribution in [3.63, 3.8) is 0 Å². The summed E-state index contributed by atoms with van der Waals surface area (Å²) in [6.07, 6.45) is 5.18. The fourth-order valence-corrected chi connectivity index (χ4v) is 3.24. The van der Waals surface area contributed by atoms with Gasteiger partial charge in [0, 0.05) is 0 Å². The fraction of sp³-hybridized carbons (Fsp3) is 0.750. The Hall–Kier alpha value is -4.16. The van der Waals surface area contributed by atoms with Gasteiger partial charge in [0.25, 0.3) is 0 Å². The lowest BCUT2D eigenvalue weighted by atomic mass is 10.1. The van der Waals surface area contributed by atoms with E-state index in [9.17, 15) is 39.5 Å². The molecule has 0 aliphatic carbocycles. The van der Waals surface area contributed by atoms with Crippen LogP contribution < -0.4 is 48.1 Å². The Morgan fingerprint density at radius 3 is 1.32 bits per heavy atom.